The van der Waals surface area contributed by atoms with Gasteiger partial charge in [-0.05, 0) is 41.5 Å². The van der Waals surface area contributed by atoms with Gasteiger partial charge in [0.05, 0.1) is 28.3 Å². The van der Waals surface area contributed by atoms with E-state index in [0.29, 0.717) is 23.6 Å². The number of aromatic nitrogens is 7. The average molecular weight is 525 g/mol. The maximum absolute atomic E-state index is 10.6. The fourth-order valence-corrected chi connectivity index (χ4v) is 4.91. The van der Waals surface area contributed by atoms with E-state index >= 15 is 0 Å². The van der Waals surface area contributed by atoms with Gasteiger partial charge in [0.15, 0.2) is 11.5 Å². The number of aliphatic hydroxyl groups is 1. The van der Waals surface area contributed by atoms with Crippen molar-refractivity contribution in [2.75, 3.05) is 5.32 Å². The molecule has 0 spiro atoms. The van der Waals surface area contributed by atoms with Crippen molar-refractivity contribution in [2.45, 2.75) is 12.6 Å². The number of aromatic amines is 2. The molecule has 194 valence electrons. The van der Waals surface area contributed by atoms with Crippen LogP contribution in [0.2, 0.25) is 0 Å². The van der Waals surface area contributed by atoms with Crippen LogP contribution in [-0.2, 0) is 6.42 Å². The molecule has 4 N–H and O–H groups in total. The fourth-order valence-electron chi connectivity index (χ4n) is 4.91. The zero-order valence-electron chi connectivity index (χ0n) is 21.3. The number of H-pyrrole nitrogens is 2. The summed E-state index contributed by atoms with van der Waals surface area (Å²) in [5.74, 6) is 0.652. The van der Waals surface area contributed by atoms with E-state index < -0.39 is 6.23 Å². The predicted octanol–water partition coefficient (Wildman–Crippen LogP) is 5.60. The summed E-state index contributed by atoms with van der Waals surface area (Å²) in [7, 11) is 0. The predicted molar refractivity (Wildman–Crippen MR) is 155 cm³/mol. The highest BCUT2D eigenvalue weighted by atomic mass is 16.3. The van der Waals surface area contributed by atoms with Crippen molar-refractivity contribution in [2.24, 2.45) is 0 Å². The molecule has 0 aliphatic heterocycles. The average Bonchev–Trinajstić information content (AvgIpc) is 3.62. The molecule has 0 amide bonds. The maximum Gasteiger partial charge on any atom is 0.159 e. The Balaban J connectivity index is 1.21. The number of nitrogens with zero attached hydrogens (tertiary/aromatic N) is 5. The summed E-state index contributed by atoms with van der Waals surface area (Å²) in [6, 6.07) is 23.9. The summed E-state index contributed by atoms with van der Waals surface area (Å²) in [5, 5.41) is 22.1. The van der Waals surface area contributed by atoms with Gasteiger partial charge in [-0.15, -0.1) is 0 Å². The van der Waals surface area contributed by atoms with Crippen LogP contribution in [0.3, 0.4) is 0 Å². The molecule has 1 atom stereocenters. The molecule has 7 rings (SSSR count). The number of pyridine rings is 3. The Morgan fingerprint density at radius 2 is 1.68 bits per heavy atom. The van der Waals surface area contributed by atoms with Crippen molar-refractivity contribution in [3.05, 3.63) is 109 Å². The molecule has 40 heavy (non-hydrogen) atoms. The highest BCUT2D eigenvalue weighted by Crippen LogP contribution is 2.32. The molecule has 0 fully saturated rings. The van der Waals surface area contributed by atoms with Crippen LogP contribution in [0.25, 0.3) is 55.8 Å². The minimum Gasteiger partial charge on any atom is -0.373 e. The van der Waals surface area contributed by atoms with E-state index in [-0.39, 0.29) is 0 Å². The molecule has 1 unspecified atom stereocenters. The summed E-state index contributed by atoms with van der Waals surface area (Å²) >= 11 is 0. The smallest absolute Gasteiger partial charge is 0.159 e. The highest BCUT2D eigenvalue weighted by molar-refractivity contribution is 5.97. The summed E-state index contributed by atoms with van der Waals surface area (Å²) in [4.78, 5) is 21.5. The molecule has 0 aliphatic rings. The second-order valence-corrected chi connectivity index (χ2v) is 9.53. The lowest BCUT2D eigenvalue weighted by Gasteiger charge is -2.14. The Kier molecular flexibility index (Phi) is 5.95. The van der Waals surface area contributed by atoms with Gasteiger partial charge in [-0.3, -0.25) is 15.1 Å². The van der Waals surface area contributed by atoms with Crippen LogP contribution in [0.5, 0.6) is 0 Å². The molecule has 0 saturated heterocycles. The van der Waals surface area contributed by atoms with Crippen molar-refractivity contribution >= 4 is 27.8 Å². The van der Waals surface area contributed by atoms with Crippen LogP contribution in [-0.4, -0.2) is 46.5 Å². The lowest BCUT2D eigenvalue weighted by Crippen LogP contribution is -2.21. The molecular formula is C31H24N8O. The van der Waals surface area contributed by atoms with Gasteiger partial charge in [-0.2, -0.15) is 5.10 Å². The van der Waals surface area contributed by atoms with E-state index in [1.54, 1.807) is 31.0 Å². The summed E-state index contributed by atoms with van der Waals surface area (Å²) < 4.78 is 0. The third-order valence-corrected chi connectivity index (χ3v) is 6.82. The number of imidazole rings is 1. The Morgan fingerprint density at radius 3 is 2.55 bits per heavy atom. The van der Waals surface area contributed by atoms with Crippen molar-refractivity contribution < 1.29 is 5.11 Å². The number of anilines is 1. The zero-order valence-corrected chi connectivity index (χ0v) is 21.3. The first-order chi connectivity index (χ1) is 19.7. The highest BCUT2D eigenvalue weighted by Gasteiger charge is 2.17. The standard InChI is InChI=1S/C31H24N8O/c40-27(13-19-5-2-1-3-6-19)35-23-14-21(16-33-18-23)22-15-25-29(38-39-30(25)34-17-22)31-36-26-8-4-7-24(28(26)37-31)20-9-11-32-12-10-20/h1-12,14-18,27,35,40H,13H2,(H,36,37)(H,34,38,39). The molecule has 5 aromatic heterocycles. The molecule has 2 aromatic carbocycles. The molecule has 7 aromatic rings. The fraction of sp³-hybridized carbons (Fsp3) is 0.0645. The van der Waals surface area contributed by atoms with Gasteiger partial charge in [0, 0.05) is 47.9 Å². The minimum absolute atomic E-state index is 0.483. The summed E-state index contributed by atoms with van der Waals surface area (Å²) in [6.07, 6.45) is 8.55. The molecule has 0 saturated carbocycles. The van der Waals surface area contributed by atoms with Crippen molar-refractivity contribution in [3.63, 3.8) is 0 Å². The zero-order chi connectivity index (χ0) is 26.9. The summed E-state index contributed by atoms with van der Waals surface area (Å²) in [5.41, 5.74) is 8.69. The third-order valence-electron chi connectivity index (χ3n) is 6.82. The van der Waals surface area contributed by atoms with Gasteiger partial charge in [0.2, 0.25) is 0 Å². The third kappa shape index (κ3) is 4.55. The second kappa shape index (κ2) is 10.0. The molecular weight excluding hydrogens is 500 g/mol. The van der Waals surface area contributed by atoms with E-state index in [9.17, 15) is 5.11 Å². The van der Waals surface area contributed by atoms with Gasteiger partial charge in [-0.1, -0.05) is 42.5 Å². The second-order valence-electron chi connectivity index (χ2n) is 9.53. The number of hydrogen-bond donors (Lipinski definition) is 4. The van der Waals surface area contributed by atoms with Gasteiger partial charge >= 0.3 is 0 Å². The topological polar surface area (TPSA) is 128 Å². The Labute approximate surface area is 229 Å². The number of nitrogens with one attached hydrogen (secondary N) is 3. The molecule has 0 bridgehead atoms. The van der Waals surface area contributed by atoms with E-state index in [4.69, 9.17) is 4.98 Å². The number of aliphatic hydroxyl groups excluding tert-OH is 1. The number of benzene rings is 2. The molecule has 5 heterocycles. The van der Waals surface area contributed by atoms with Crippen LogP contribution in [0.15, 0.2) is 104 Å². The van der Waals surface area contributed by atoms with Gasteiger partial charge in [0.25, 0.3) is 0 Å². The normalized spacial score (nSPS) is 12.1. The van der Waals surface area contributed by atoms with Crippen LogP contribution < -0.4 is 5.32 Å². The first-order valence-corrected chi connectivity index (χ1v) is 12.9. The Morgan fingerprint density at radius 1 is 0.825 bits per heavy atom. The molecule has 0 aliphatic carbocycles. The number of hydrogen-bond acceptors (Lipinski definition) is 7. The van der Waals surface area contributed by atoms with Crippen LogP contribution in [0, 0.1) is 0 Å². The number of rotatable bonds is 7. The van der Waals surface area contributed by atoms with Gasteiger partial charge < -0.3 is 15.4 Å². The largest absolute Gasteiger partial charge is 0.373 e. The van der Waals surface area contributed by atoms with Gasteiger partial charge in [0.1, 0.15) is 11.9 Å². The van der Waals surface area contributed by atoms with Crippen LogP contribution in [0.4, 0.5) is 5.69 Å². The number of fused-ring (bicyclic) bond motifs is 2. The summed E-state index contributed by atoms with van der Waals surface area (Å²) in [6.45, 7) is 0. The molecule has 9 heteroatoms. The Hall–Kier alpha value is -5.41. The number of para-hydroxylation sites is 1. The minimum atomic E-state index is -0.745. The van der Waals surface area contributed by atoms with Crippen molar-refractivity contribution in [1.29, 1.82) is 0 Å². The van der Waals surface area contributed by atoms with Crippen LogP contribution in [0.1, 0.15) is 5.56 Å². The molecule has 9 nitrogen and oxygen atoms in total. The van der Waals surface area contributed by atoms with Crippen molar-refractivity contribution in [3.8, 4) is 33.8 Å². The van der Waals surface area contributed by atoms with Crippen LogP contribution >= 0.6 is 0 Å². The van der Waals surface area contributed by atoms with E-state index in [0.717, 1.165) is 49.9 Å². The first-order valence-electron chi connectivity index (χ1n) is 12.9. The van der Waals surface area contributed by atoms with E-state index in [1.807, 2.05) is 66.7 Å². The monoisotopic (exact) mass is 524 g/mol. The van der Waals surface area contributed by atoms with E-state index in [2.05, 4.69) is 41.5 Å². The lowest BCUT2D eigenvalue weighted by atomic mass is 10.1. The van der Waals surface area contributed by atoms with E-state index in [1.165, 1.54) is 0 Å². The first kappa shape index (κ1) is 23.7. The maximum atomic E-state index is 10.6. The molecule has 0 radical (unpaired) electrons. The quantitative estimate of drug-likeness (QED) is 0.200. The van der Waals surface area contributed by atoms with Crippen molar-refractivity contribution in [1.82, 2.24) is 35.1 Å². The SMILES string of the molecule is OC(Cc1ccccc1)Nc1cncc(-c2cnc3[nH]nc(-c4nc5c(-c6ccncc6)cccc5[nH]4)c3c2)c1. The van der Waals surface area contributed by atoms with Gasteiger partial charge in [-0.25, -0.2) is 9.97 Å². The lowest BCUT2D eigenvalue weighted by molar-refractivity contribution is 0.204. The Bertz CT molecular complexity index is 1930.